The summed E-state index contributed by atoms with van der Waals surface area (Å²) in [7, 11) is 1.70. The van der Waals surface area contributed by atoms with Crippen molar-refractivity contribution in [1.29, 1.82) is 0 Å². The van der Waals surface area contributed by atoms with Gasteiger partial charge in [-0.1, -0.05) is 13.0 Å². The number of nitrogens with zero attached hydrogens (tertiary/aromatic N) is 1. The monoisotopic (exact) mass is 335 g/mol. The summed E-state index contributed by atoms with van der Waals surface area (Å²) in [6.45, 7) is 2.35. The molecule has 1 unspecified atom stereocenters. The Hall–Kier alpha value is -2.49. The van der Waals surface area contributed by atoms with Crippen LogP contribution in [-0.4, -0.2) is 22.8 Å². The molecule has 2 aromatic rings. The summed E-state index contributed by atoms with van der Waals surface area (Å²) in [5, 5.41) is 0. The Morgan fingerprint density at radius 1 is 1.36 bits per heavy atom. The topological polar surface area (TPSA) is 53.2 Å². The van der Waals surface area contributed by atoms with Crippen molar-refractivity contribution in [3.8, 4) is 0 Å². The minimum absolute atomic E-state index is 0.677. The van der Waals surface area contributed by atoms with Crippen molar-refractivity contribution in [1.82, 2.24) is 9.97 Å². The standard InChI is InChI=1S/C21H25N3O/c1-14-6-3-7-15-13-23-18(21(14)15)9-4-8-17-20(25-2)12-19(24-17)16-10-5-11-22-16/h5,8,10-14,22-23H,3-4,6-7,9H2,1-2H3. The van der Waals surface area contributed by atoms with E-state index in [1.54, 1.807) is 12.7 Å². The van der Waals surface area contributed by atoms with Gasteiger partial charge in [0.2, 0.25) is 0 Å². The molecule has 1 atom stereocenters. The average Bonchev–Trinajstić information content (AvgIpc) is 3.34. The molecule has 130 valence electrons. The lowest BCUT2D eigenvalue weighted by Crippen LogP contribution is -2.06. The van der Waals surface area contributed by atoms with Crippen LogP contribution >= 0.6 is 0 Å². The van der Waals surface area contributed by atoms with Gasteiger partial charge in [0.15, 0.2) is 0 Å². The first-order chi connectivity index (χ1) is 12.3. The second-order valence-electron chi connectivity index (χ2n) is 6.92. The summed E-state index contributed by atoms with van der Waals surface area (Å²) in [5.41, 5.74) is 7.36. The Kier molecular flexibility index (Phi) is 4.35. The van der Waals surface area contributed by atoms with Gasteiger partial charge in [0.1, 0.15) is 11.5 Å². The van der Waals surface area contributed by atoms with E-state index in [4.69, 9.17) is 9.73 Å². The lowest BCUT2D eigenvalue weighted by Gasteiger charge is -2.20. The van der Waals surface area contributed by atoms with Crippen LogP contribution in [0.4, 0.5) is 0 Å². The lowest BCUT2D eigenvalue weighted by molar-refractivity contribution is 0.302. The van der Waals surface area contributed by atoms with Crippen LogP contribution in [0.3, 0.4) is 0 Å². The Morgan fingerprint density at radius 3 is 3.08 bits per heavy atom. The summed E-state index contributed by atoms with van der Waals surface area (Å²) in [6, 6.07) is 4.01. The fraction of sp³-hybridized carbons (Fsp3) is 0.381. The van der Waals surface area contributed by atoms with E-state index in [1.807, 2.05) is 24.4 Å². The molecule has 0 aromatic carbocycles. The Bertz CT molecular complexity index is 837. The van der Waals surface area contributed by atoms with Crippen molar-refractivity contribution in [2.75, 3.05) is 7.11 Å². The molecule has 0 radical (unpaired) electrons. The number of ether oxygens (including phenoxy) is 1. The number of hydrogen-bond acceptors (Lipinski definition) is 2. The number of methoxy groups -OCH3 is 1. The molecule has 1 aliphatic heterocycles. The quantitative estimate of drug-likeness (QED) is 0.822. The van der Waals surface area contributed by atoms with E-state index in [-0.39, 0.29) is 0 Å². The SMILES string of the molecule is COC1=CC(c2ccc[nH]2)=NC1=CCCc1[nH]cc2c1C(C)CCC2. The van der Waals surface area contributed by atoms with Gasteiger partial charge in [-0.3, -0.25) is 0 Å². The van der Waals surface area contributed by atoms with Crippen LogP contribution in [0.5, 0.6) is 0 Å². The summed E-state index contributed by atoms with van der Waals surface area (Å²) >= 11 is 0. The lowest BCUT2D eigenvalue weighted by atomic mass is 9.84. The molecule has 0 spiro atoms. The second-order valence-corrected chi connectivity index (χ2v) is 6.92. The zero-order valence-electron chi connectivity index (χ0n) is 14.9. The maximum absolute atomic E-state index is 5.50. The highest BCUT2D eigenvalue weighted by atomic mass is 16.5. The van der Waals surface area contributed by atoms with Crippen molar-refractivity contribution in [2.45, 2.75) is 44.9 Å². The number of nitrogens with one attached hydrogen (secondary N) is 2. The molecule has 2 N–H and O–H groups in total. The van der Waals surface area contributed by atoms with E-state index in [1.165, 1.54) is 30.5 Å². The van der Waals surface area contributed by atoms with E-state index in [9.17, 15) is 0 Å². The molecule has 2 aromatic heterocycles. The zero-order chi connectivity index (χ0) is 17.2. The van der Waals surface area contributed by atoms with Crippen LogP contribution in [-0.2, 0) is 17.6 Å². The van der Waals surface area contributed by atoms with Crippen molar-refractivity contribution in [3.05, 3.63) is 70.6 Å². The molecule has 4 heteroatoms. The van der Waals surface area contributed by atoms with Crippen molar-refractivity contribution < 1.29 is 4.74 Å². The number of aryl methyl sites for hydroxylation is 2. The summed E-state index contributed by atoms with van der Waals surface area (Å²) in [6.07, 6.45) is 14.1. The van der Waals surface area contributed by atoms with Gasteiger partial charge in [-0.05, 0) is 61.3 Å². The maximum Gasteiger partial charge on any atom is 0.146 e. The number of H-pyrrole nitrogens is 2. The fourth-order valence-corrected chi connectivity index (χ4v) is 4.00. The fourth-order valence-electron chi connectivity index (χ4n) is 4.00. The van der Waals surface area contributed by atoms with Crippen LogP contribution in [0.15, 0.2) is 53.1 Å². The van der Waals surface area contributed by atoms with Gasteiger partial charge in [-0.2, -0.15) is 0 Å². The van der Waals surface area contributed by atoms with Gasteiger partial charge >= 0.3 is 0 Å². The molecule has 2 aliphatic rings. The Labute approximate surface area is 148 Å². The van der Waals surface area contributed by atoms with Crippen molar-refractivity contribution >= 4 is 5.71 Å². The number of aliphatic imine (C=N–C) groups is 1. The molecule has 1 aliphatic carbocycles. The van der Waals surface area contributed by atoms with E-state index in [0.717, 1.165) is 35.7 Å². The maximum atomic E-state index is 5.50. The van der Waals surface area contributed by atoms with E-state index in [0.29, 0.717) is 5.92 Å². The van der Waals surface area contributed by atoms with Gasteiger partial charge in [0, 0.05) is 24.2 Å². The number of aromatic nitrogens is 2. The van der Waals surface area contributed by atoms with E-state index >= 15 is 0 Å². The zero-order valence-corrected chi connectivity index (χ0v) is 14.9. The number of aromatic amines is 2. The van der Waals surface area contributed by atoms with Crippen LogP contribution in [0.2, 0.25) is 0 Å². The average molecular weight is 335 g/mol. The van der Waals surface area contributed by atoms with Crippen LogP contribution in [0, 0.1) is 0 Å². The third kappa shape index (κ3) is 3.09. The minimum atomic E-state index is 0.677. The number of hydrogen-bond donors (Lipinski definition) is 2. The molecular weight excluding hydrogens is 310 g/mol. The molecule has 4 rings (SSSR count). The highest BCUT2D eigenvalue weighted by molar-refractivity contribution is 6.10. The van der Waals surface area contributed by atoms with Crippen LogP contribution in [0.1, 0.15) is 54.6 Å². The van der Waals surface area contributed by atoms with Gasteiger partial charge in [0.25, 0.3) is 0 Å². The molecule has 0 amide bonds. The van der Waals surface area contributed by atoms with E-state index in [2.05, 4.69) is 29.2 Å². The normalized spacial score (nSPS) is 21.2. The van der Waals surface area contributed by atoms with Crippen LogP contribution < -0.4 is 0 Å². The number of allylic oxidation sites excluding steroid dienone is 2. The predicted octanol–water partition coefficient (Wildman–Crippen LogP) is 4.63. The molecule has 3 heterocycles. The molecule has 0 fully saturated rings. The molecule has 0 bridgehead atoms. The third-order valence-corrected chi connectivity index (χ3v) is 5.25. The predicted molar refractivity (Wildman–Crippen MR) is 101 cm³/mol. The van der Waals surface area contributed by atoms with Gasteiger partial charge in [0.05, 0.1) is 18.5 Å². The number of rotatable bonds is 5. The first kappa shape index (κ1) is 16.0. The van der Waals surface area contributed by atoms with E-state index < -0.39 is 0 Å². The van der Waals surface area contributed by atoms with Gasteiger partial charge in [-0.25, -0.2) is 4.99 Å². The van der Waals surface area contributed by atoms with Crippen molar-refractivity contribution in [2.24, 2.45) is 4.99 Å². The van der Waals surface area contributed by atoms with Gasteiger partial charge in [-0.15, -0.1) is 0 Å². The highest BCUT2D eigenvalue weighted by Crippen LogP contribution is 2.34. The van der Waals surface area contributed by atoms with Crippen LogP contribution in [0.25, 0.3) is 0 Å². The molecule has 25 heavy (non-hydrogen) atoms. The minimum Gasteiger partial charge on any atom is -0.494 e. The molecule has 4 nitrogen and oxygen atoms in total. The van der Waals surface area contributed by atoms with Gasteiger partial charge < -0.3 is 14.7 Å². The van der Waals surface area contributed by atoms with Crippen molar-refractivity contribution in [3.63, 3.8) is 0 Å². The Morgan fingerprint density at radius 2 is 2.28 bits per heavy atom. The summed E-state index contributed by atoms with van der Waals surface area (Å²) in [4.78, 5) is 11.4. The number of fused-ring (bicyclic) bond motifs is 1. The second kappa shape index (κ2) is 6.79. The Balaban J connectivity index is 1.49. The first-order valence-corrected chi connectivity index (χ1v) is 9.14. The first-order valence-electron chi connectivity index (χ1n) is 9.14. The molecule has 0 saturated heterocycles. The third-order valence-electron chi connectivity index (χ3n) is 5.25. The highest BCUT2D eigenvalue weighted by Gasteiger charge is 2.21. The molecular formula is C21H25N3O. The smallest absolute Gasteiger partial charge is 0.146 e. The molecule has 0 saturated carbocycles. The largest absolute Gasteiger partial charge is 0.494 e. The summed E-state index contributed by atoms with van der Waals surface area (Å²) in [5.74, 6) is 1.52. The summed E-state index contributed by atoms with van der Waals surface area (Å²) < 4.78 is 5.50.